The molecule has 2 aromatic rings. The molecule has 0 fully saturated rings. The van der Waals surface area contributed by atoms with Crippen LogP contribution in [-0.2, 0) is 11.8 Å². The number of rotatable bonds is 4. The lowest BCUT2D eigenvalue weighted by atomic mass is 10.1. The molecule has 0 aliphatic carbocycles. The first kappa shape index (κ1) is 20.9. The minimum Gasteiger partial charge on any atom is -0.274 e. The van der Waals surface area contributed by atoms with Gasteiger partial charge in [0, 0.05) is 36.4 Å². The van der Waals surface area contributed by atoms with E-state index in [-0.39, 0.29) is 27.1 Å². The molecule has 0 aliphatic rings. The number of amides is 2. The number of hydrogen-bond acceptors (Lipinski definition) is 5. The molecule has 27 heavy (non-hydrogen) atoms. The molecular formula is C17H18Cl2N4O4. The van der Waals surface area contributed by atoms with Gasteiger partial charge in [-0.2, -0.15) is 5.10 Å². The van der Waals surface area contributed by atoms with Gasteiger partial charge in [-0.15, -0.1) is 0 Å². The van der Waals surface area contributed by atoms with Gasteiger partial charge in [-0.1, -0.05) is 37.0 Å². The highest BCUT2D eigenvalue weighted by Gasteiger charge is 2.34. The van der Waals surface area contributed by atoms with E-state index in [0.29, 0.717) is 5.56 Å². The van der Waals surface area contributed by atoms with Gasteiger partial charge in [0.05, 0.1) is 20.7 Å². The number of aromatic nitrogens is 2. The fraction of sp³-hybridized carbons (Fsp3) is 0.353. The molecule has 8 nitrogen and oxygen atoms in total. The van der Waals surface area contributed by atoms with Crippen molar-refractivity contribution < 1.29 is 14.5 Å². The summed E-state index contributed by atoms with van der Waals surface area (Å²) in [6.45, 7) is 6.74. The molecule has 2 rings (SSSR count). The molecule has 144 valence electrons. The Bertz CT molecular complexity index is 930. The molecule has 10 heteroatoms. The maximum absolute atomic E-state index is 13.2. The quantitative estimate of drug-likeness (QED) is 0.556. The van der Waals surface area contributed by atoms with Crippen LogP contribution in [0.15, 0.2) is 12.1 Å². The van der Waals surface area contributed by atoms with Gasteiger partial charge in [-0.3, -0.25) is 24.4 Å². The van der Waals surface area contributed by atoms with Crippen molar-refractivity contribution in [2.24, 2.45) is 13.0 Å². The van der Waals surface area contributed by atoms with Gasteiger partial charge >= 0.3 is 0 Å². The van der Waals surface area contributed by atoms with E-state index in [9.17, 15) is 19.7 Å². The maximum Gasteiger partial charge on any atom is 0.285 e. The number of nitro benzene ring substituents is 1. The Balaban J connectivity index is 2.70. The summed E-state index contributed by atoms with van der Waals surface area (Å²) in [5, 5.41) is 14.8. The number of anilines is 1. The van der Waals surface area contributed by atoms with Gasteiger partial charge < -0.3 is 0 Å². The minimum absolute atomic E-state index is 0.0782. The van der Waals surface area contributed by atoms with Crippen molar-refractivity contribution in [1.82, 2.24) is 9.78 Å². The number of aryl methyl sites for hydroxylation is 1. The number of imide groups is 1. The average molecular weight is 413 g/mol. The first-order chi connectivity index (χ1) is 12.5. The van der Waals surface area contributed by atoms with Crippen LogP contribution in [0.5, 0.6) is 0 Å². The van der Waals surface area contributed by atoms with E-state index in [1.807, 2.05) is 0 Å². The van der Waals surface area contributed by atoms with Gasteiger partial charge in [0.2, 0.25) is 5.91 Å². The lowest BCUT2D eigenvalue weighted by Crippen LogP contribution is -2.40. The zero-order valence-electron chi connectivity index (χ0n) is 15.4. The number of benzene rings is 1. The van der Waals surface area contributed by atoms with Crippen LogP contribution in [0.1, 0.15) is 35.6 Å². The Kier molecular flexibility index (Phi) is 5.91. The summed E-state index contributed by atoms with van der Waals surface area (Å²) in [4.78, 5) is 37.2. The molecule has 0 saturated carbocycles. The molecule has 0 aliphatic heterocycles. The van der Waals surface area contributed by atoms with Crippen molar-refractivity contribution in [2.75, 3.05) is 4.90 Å². The molecule has 2 amide bonds. The van der Waals surface area contributed by atoms with Crippen LogP contribution in [0, 0.1) is 29.9 Å². The molecule has 0 spiro atoms. The topological polar surface area (TPSA) is 98.3 Å². The first-order valence-corrected chi connectivity index (χ1v) is 8.74. The van der Waals surface area contributed by atoms with Crippen LogP contribution >= 0.6 is 23.2 Å². The van der Waals surface area contributed by atoms with Crippen molar-refractivity contribution in [2.45, 2.75) is 27.7 Å². The molecule has 0 radical (unpaired) electrons. The van der Waals surface area contributed by atoms with Gasteiger partial charge in [0.15, 0.2) is 5.69 Å². The summed E-state index contributed by atoms with van der Waals surface area (Å²) in [5.41, 5.74) is 1.00. The molecular weight excluding hydrogens is 395 g/mol. The highest BCUT2D eigenvalue weighted by molar-refractivity contribution is 6.42. The third-order valence-electron chi connectivity index (χ3n) is 4.19. The van der Waals surface area contributed by atoms with Gasteiger partial charge in [-0.05, 0) is 13.8 Å². The van der Waals surface area contributed by atoms with Gasteiger partial charge in [0.1, 0.15) is 0 Å². The summed E-state index contributed by atoms with van der Waals surface area (Å²) in [6.07, 6.45) is 0. The van der Waals surface area contributed by atoms with E-state index in [1.165, 1.54) is 4.68 Å². The molecule has 1 heterocycles. The Morgan fingerprint density at radius 3 is 2.11 bits per heavy atom. The highest BCUT2D eigenvalue weighted by atomic mass is 35.5. The first-order valence-electron chi connectivity index (χ1n) is 7.99. The Hall–Kier alpha value is -2.45. The van der Waals surface area contributed by atoms with Gasteiger partial charge in [-0.25, -0.2) is 4.90 Å². The summed E-state index contributed by atoms with van der Waals surface area (Å²) in [7, 11) is 1.68. The molecule has 0 atom stereocenters. The predicted molar refractivity (Wildman–Crippen MR) is 102 cm³/mol. The second-order valence-corrected chi connectivity index (χ2v) is 7.15. The Labute approximate surface area is 165 Å². The van der Waals surface area contributed by atoms with Crippen LogP contribution in [0.25, 0.3) is 0 Å². The van der Waals surface area contributed by atoms with Crippen molar-refractivity contribution >= 4 is 46.4 Å². The molecule has 1 aromatic heterocycles. The van der Waals surface area contributed by atoms with Crippen molar-refractivity contribution in [3.05, 3.63) is 49.2 Å². The molecule has 0 bridgehead atoms. The van der Waals surface area contributed by atoms with E-state index >= 15 is 0 Å². The van der Waals surface area contributed by atoms with E-state index in [4.69, 9.17) is 23.2 Å². The number of carbonyl (C=O) groups is 2. The SMILES string of the molecule is Cc1c(C(=O)N(C(=O)C(C)C)c2c(Cl)cc([N+](=O)[O-])cc2Cl)nn(C)c1C. The number of halogens is 2. The van der Waals surface area contributed by atoms with Crippen LogP contribution in [0.2, 0.25) is 10.0 Å². The minimum atomic E-state index is -0.701. The Morgan fingerprint density at radius 1 is 1.22 bits per heavy atom. The van der Waals surface area contributed by atoms with Gasteiger partial charge in [0.25, 0.3) is 11.6 Å². The summed E-state index contributed by atoms with van der Waals surface area (Å²) < 4.78 is 1.53. The maximum atomic E-state index is 13.2. The predicted octanol–water partition coefficient (Wildman–Crippen LogP) is 4.08. The largest absolute Gasteiger partial charge is 0.285 e. The lowest BCUT2D eigenvalue weighted by Gasteiger charge is -2.24. The standard InChI is InChI=1S/C17H18Cl2N4O4/c1-8(2)16(24)22(17(25)14-9(3)10(4)21(5)20-14)15-12(18)6-11(23(26)27)7-13(15)19/h6-8H,1-5H3. The van der Waals surface area contributed by atoms with Crippen molar-refractivity contribution in [1.29, 1.82) is 0 Å². The zero-order valence-corrected chi connectivity index (χ0v) is 16.9. The third-order valence-corrected chi connectivity index (χ3v) is 4.77. The number of carbonyl (C=O) groups excluding carboxylic acids is 2. The van der Waals surface area contributed by atoms with Crippen LogP contribution < -0.4 is 4.90 Å². The van der Waals surface area contributed by atoms with Crippen LogP contribution in [0.4, 0.5) is 11.4 Å². The number of nitro groups is 1. The second kappa shape index (κ2) is 7.66. The second-order valence-electron chi connectivity index (χ2n) is 6.33. The summed E-state index contributed by atoms with van der Waals surface area (Å²) >= 11 is 12.3. The average Bonchev–Trinajstić information content (AvgIpc) is 2.84. The zero-order chi connectivity index (χ0) is 20.6. The fourth-order valence-electron chi connectivity index (χ4n) is 2.46. The fourth-order valence-corrected chi connectivity index (χ4v) is 3.11. The summed E-state index contributed by atoms with van der Waals surface area (Å²) in [6, 6.07) is 2.10. The van der Waals surface area contributed by atoms with E-state index in [2.05, 4.69) is 5.10 Å². The van der Waals surface area contributed by atoms with E-state index in [0.717, 1.165) is 22.7 Å². The number of non-ortho nitro benzene ring substituents is 1. The normalized spacial score (nSPS) is 11.0. The summed E-state index contributed by atoms with van der Waals surface area (Å²) in [5.74, 6) is -1.81. The molecule has 0 unspecified atom stereocenters. The smallest absolute Gasteiger partial charge is 0.274 e. The van der Waals surface area contributed by atoms with E-state index in [1.54, 1.807) is 34.7 Å². The third kappa shape index (κ3) is 3.81. The highest BCUT2D eigenvalue weighted by Crippen LogP contribution is 2.39. The van der Waals surface area contributed by atoms with Crippen LogP contribution in [0.3, 0.4) is 0 Å². The lowest BCUT2D eigenvalue weighted by molar-refractivity contribution is -0.384. The van der Waals surface area contributed by atoms with E-state index < -0.39 is 22.7 Å². The molecule has 0 N–H and O–H groups in total. The van der Waals surface area contributed by atoms with Crippen molar-refractivity contribution in [3.63, 3.8) is 0 Å². The molecule has 1 aromatic carbocycles. The van der Waals surface area contributed by atoms with Crippen molar-refractivity contribution in [3.8, 4) is 0 Å². The Morgan fingerprint density at radius 2 is 1.74 bits per heavy atom. The molecule has 0 saturated heterocycles. The van der Waals surface area contributed by atoms with Crippen LogP contribution in [-0.4, -0.2) is 26.5 Å². The monoisotopic (exact) mass is 412 g/mol. The number of hydrogen-bond donors (Lipinski definition) is 0. The number of nitrogens with zero attached hydrogens (tertiary/aromatic N) is 4.